The van der Waals surface area contributed by atoms with E-state index in [1.165, 1.54) is 22.7 Å². The quantitative estimate of drug-likeness (QED) is 0.727. The summed E-state index contributed by atoms with van der Waals surface area (Å²) < 4.78 is 37.9. The topological polar surface area (TPSA) is 34.4 Å². The maximum Gasteiger partial charge on any atom is 0.456 e. The predicted octanol–water partition coefficient (Wildman–Crippen LogP) is 2.73. The SMILES string of the molecule is O=C(c1nc(Cl)n2ccccc12)C(F)(F)F. The molecule has 84 valence electrons. The molecule has 16 heavy (non-hydrogen) atoms. The number of rotatable bonds is 1. The summed E-state index contributed by atoms with van der Waals surface area (Å²) in [5.41, 5.74) is -0.645. The van der Waals surface area contributed by atoms with Crippen LogP contribution in [0.3, 0.4) is 0 Å². The summed E-state index contributed by atoms with van der Waals surface area (Å²) in [6.07, 6.45) is -3.52. The van der Waals surface area contributed by atoms with Gasteiger partial charge in [0, 0.05) is 6.20 Å². The van der Waals surface area contributed by atoms with Crippen LogP contribution in [0.5, 0.6) is 0 Å². The number of ketones is 1. The van der Waals surface area contributed by atoms with Gasteiger partial charge >= 0.3 is 6.18 Å². The molecule has 0 spiro atoms. The minimum Gasteiger partial charge on any atom is -0.290 e. The number of aromatic nitrogens is 2. The van der Waals surface area contributed by atoms with Crippen LogP contribution in [-0.2, 0) is 0 Å². The summed E-state index contributed by atoms with van der Waals surface area (Å²) in [6.45, 7) is 0. The van der Waals surface area contributed by atoms with Crippen LogP contribution in [0.1, 0.15) is 10.5 Å². The number of carbonyl (C=O) groups excluding carboxylic acids is 1. The van der Waals surface area contributed by atoms with E-state index in [0.717, 1.165) is 0 Å². The number of Topliss-reactive ketones (excluding diaryl/α,β-unsaturated/α-hetero) is 1. The minimum absolute atomic E-state index is 0.0369. The molecule has 0 radical (unpaired) electrons. The molecule has 0 bridgehead atoms. The van der Waals surface area contributed by atoms with Crippen molar-refractivity contribution in [2.24, 2.45) is 0 Å². The zero-order chi connectivity index (χ0) is 11.9. The zero-order valence-electron chi connectivity index (χ0n) is 7.62. The maximum absolute atomic E-state index is 12.2. The van der Waals surface area contributed by atoms with E-state index in [1.54, 1.807) is 6.07 Å². The molecular weight excluding hydrogens is 245 g/mol. The lowest BCUT2D eigenvalue weighted by atomic mass is 10.2. The molecule has 0 aliphatic rings. The van der Waals surface area contributed by atoms with Crippen molar-refractivity contribution in [3.63, 3.8) is 0 Å². The fourth-order valence-corrected chi connectivity index (χ4v) is 1.53. The van der Waals surface area contributed by atoms with E-state index in [1.807, 2.05) is 0 Å². The second-order valence-corrected chi connectivity index (χ2v) is 3.35. The van der Waals surface area contributed by atoms with Crippen molar-refractivity contribution in [1.82, 2.24) is 9.38 Å². The Kier molecular flexibility index (Phi) is 2.38. The maximum atomic E-state index is 12.2. The van der Waals surface area contributed by atoms with Gasteiger partial charge in [-0.1, -0.05) is 6.07 Å². The molecule has 3 nitrogen and oxygen atoms in total. The lowest BCUT2D eigenvalue weighted by Crippen LogP contribution is -2.23. The molecule has 2 aromatic rings. The molecule has 0 N–H and O–H groups in total. The van der Waals surface area contributed by atoms with Crippen LogP contribution >= 0.6 is 11.6 Å². The third-order valence-corrected chi connectivity index (χ3v) is 2.24. The first-order valence-electron chi connectivity index (χ1n) is 4.15. The average Bonchev–Trinajstić information content (AvgIpc) is 2.55. The smallest absolute Gasteiger partial charge is 0.290 e. The van der Waals surface area contributed by atoms with Crippen molar-refractivity contribution in [2.45, 2.75) is 6.18 Å². The normalized spacial score (nSPS) is 12.0. The van der Waals surface area contributed by atoms with E-state index in [0.29, 0.717) is 0 Å². The van der Waals surface area contributed by atoms with Gasteiger partial charge in [0.15, 0.2) is 0 Å². The number of fused-ring (bicyclic) bond motifs is 1. The highest BCUT2D eigenvalue weighted by Crippen LogP contribution is 2.25. The molecule has 0 aromatic carbocycles. The van der Waals surface area contributed by atoms with Gasteiger partial charge in [0.25, 0.3) is 5.78 Å². The fourth-order valence-electron chi connectivity index (χ4n) is 1.30. The third kappa shape index (κ3) is 1.65. The average molecular weight is 249 g/mol. The monoisotopic (exact) mass is 248 g/mol. The number of pyridine rings is 1. The molecule has 0 saturated carbocycles. The van der Waals surface area contributed by atoms with Gasteiger partial charge in [-0.25, -0.2) is 4.98 Å². The van der Waals surface area contributed by atoms with Crippen molar-refractivity contribution in [3.8, 4) is 0 Å². The van der Waals surface area contributed by atoms with E-state index < -0.39 is 17.7 Å². The zero-order valence-corrected chi connectivity index (χ0v) is 8.38. The van der Waals surface area contributed by atoms with Crippen molar-refractivity contribution < 1.29 is 18.0 Å². The second-order valence-electron chi connectivity index (χ2n) is 3.01. The highest BCUT2D eigenvalue weighted by atomic mass is 35.5. The largest absolute Gasteiger partial charge is 0.456 e. The first-order chi connectivity index (χ1) is 7.41. The molecule has 0 amide bonds. The summed E-state index contributed by atoms with van der Waals surface area (Å²) in [7, 11) is 0. The molecule has 2 heterocycles. The van der Waals surface area contributed by atoms with Gasteiger partial charge in [0.05, 0.1) is 5.52 Å². The lowest BCUT2D eigenvalue weighted by molar-refractivity contribution is -0.0886. The number of alkyl halides is 3. The summed E-state index contributed by atoms with van der Waals surface area (Å²) in [5.74, 6) is -2.00. The van der Waals surface area contributed by atoms with Gasteiger partial charge in [-0.15, -0.1) is 0 Å². The Labute approximate surface area is 92.5 Å². The first kappa shape index (κ1) is 10.9. The van der Waals surface area contributed by atoms with Crippen LogP contribution in [-0.4, -0.2) is 21.3 Å². The van der Waals surface area contributed by atoms with E-state index in [-0.39, 0.29) is 10.8 Å². The van der Waals surface area contributed by atoms with Gasteiger partial charge in [0.1, 0.15) is 5.69 Å². The van der Waals surface area contributed by atoms with Crippen LogP contribution < -0.4 is 0 Å². The van der Waals surface area contributed by atoms with Gasteiger partial charge < -0.3 is 0 Å². The highest BCUT2D eigenvalue weighted by molar-refractivity contribution is 6.29. The van der Waals surface area contributed by atoms with Crippen LogP contribution in [0.25, 0.3) is 5.52 Å². The number of imidazole rings is 1. The standard InChI is InChI=1S/C9H4ClF3N2O/c10-8-14-6(7(16)9(11,12)13)5-3-1-2-4-15(5)8/h1-4H. The van der Waals surface area contributed by atoms with E-state index in [9.17, 15) is 18.0 Å². The molecule has 7 heteroatoms. The molecule has 0 unspecified atom stereocenters. The van der Waals surface area contributed by atoms with E-state index in [2.05, 4.69) is 4.98 Å². The van der Waals surface area contributed by atoms with Crippen LogP contribution in [0, 0.1) is 0 Å². The Balaban J connectivity index is 2.67. The minimum atomic E-state index is -4.95. The molecular formula is C9H4ClF3N2O. The molecule has 0 aliphatic heterocycles. The van der Waals surface area contributed by atoms with E-state index in [4.69, 9.17) is 11.6 Å². The summed E-state index contributed by atoms with van der Waals surface area (Å²) >= 11 is 5.60. The Bertz CT molecular complexity index is 561. The Morgan fingerprint density at radius 1 is 1.38 bits per heavy atom. The number of carbonyl (C=O) groups is 1. The number of nitrogens with zero attached hydrogens (tertiary/aromatic N) is 2. The lowest BCUT2D eigenvalue weighted by Gasteiger charge is -2.02. The van der Waals surface area contributed by atoms with Crippen LogP contribution in [0.4, 0.5) is 13.2 Å². The van der Waals surface area contributed by atoms with E-state index >= 15 is 0 Å². The Morgan fingerprint density at radius 2 is 2.06 bits per heavy atom. The van der Waals surface area contributed by atoms with Crippen LogP contribution in [0.15, 0.2) is 24.4 Å². The summed E-state index contributed by atoms with van der Waals surface area (Å²) in [4.78, 5) is 14.4. The summed E-state index contributed by atoms with van der Waals surface area (Å²) in [6, 6.07) is 4.42. The third-order valence-electron chi connectivity index (χ3n) is 1.98. The van der Waals surface area contributed by atoms with Crippen molar-refractivity contribution in [1.29, 1.82) is 0 Å². The second kappa shape index (κ2) is 3.48. The van der Waals surface area contributed by atoms with Crippen LogP contribution in [0.2, 0.25) is 5.28 Å². The molecule has 0 atom stereocenters. The predicted molar refractivity (Wildman–Crippen MR) is 50.6 cm³/mol. The fraction of sp³-hybridized carbons (Fsp3) is 0.111. The summed E-state index contributed by atoms with van der Waals surface area (Å²) in [5, 5.41) is -0.178. The molecule has 2 aromatic heterocycles. The van der Waals surface area contributed by atoms with Crippen molar-refractivity contribution in [2.75, 3.05) is 0 Å². The Hall–Kier alpha value is -1.56. The number of hydrogen-bond donors (Lipinski definition) is 0. The molecule has 0 fully saturated rings. The highest BCUT2D eigenvalue weighted by Gasteiger charge is 2.42. The van der Waals surface area contributed by atoms with Gasteiger partial charge in [-0.3, -0.25) is 9.20 Å². The molecule has 2 rings (SSSR count). The molecule has 0 saturated heterocycles. The molecule has 0 aliphatic carbocycles. The van der Waals surface area contributed by atoms with Crippen molar-refractivity contribution in [3.05, 3.63) is 35.4 Å². The first-order valence-corrected chi connectivity index (χ1v) is 4.53. The van der Waals surface area contributed by atoms with Gasteiger partial charge in [0.2, 0.25) is 5.28 Å². The van der Waals surface area contributed by atoms with Gasteiger partial charge in [-0.05, 0) is 23.7 Å². The number of hydrogen-bond acceptors (Lipinski definition) is 2. The Morgan fingerprint density at radius 3 is 2.69 bits per heavy atom. The number of halogens is 4. The van der Waals surface area contributed by atoms with Crippen molar-refractivity contribution >= 4 is 22.9 Å². The van der Waals surface area contributed by atoms with Gasteiger partial charge in [-0.2, -0.15) is 13.2 Å².